The summed E-state index contributed by atoms with van der Waals surface area (Å²) in [4.78, 5) is 27.5. The van der Waals surface area contributed by atoms with Gasteiger partial charge in [0, 0.05) is 48.3 Å². The number of benzene rings is 1. The summed E-state index contributed by atoms with van der Waals surface area (Å²) in [5, 5.41) is 11.6. The Morgan fingerprint density at radius 3 is 2.68 bits per heavy atom. The van der Waals surface area contributed by atoms with E-state index in [4.69, 9.17) is 4.98 Å². The van der Waals surface area contributed by atoms with Gasteiger partial charge in [0.2, 0.25) is 0 Å². The number of imidazole rings is 1. The van der Waals surface area contributed by atoms with Crippen molar-refractivity contribution in [3.8, 4) is 34.0 Å². The number of anilines is 1. The lowest BCUT2D eigenvalue weighted by atomic mass is 10.1. The number of H-pyrrole nitrogens is 2. The smallest absolute Gasteiger partial charge is 0.159 e. The third kappa shape index (κ3) is 4.47. The molecule has 184 valence electrons. The lowest BCUT2D eigenvalue weighted by molar-refractivity contribution is 0.425. The molecule has 37 heavy (non-hydrogen) atoms. The molecule has 5 heterocycles. The summed E-state index contributed by atoms with van der Waals surface area (Å²) in [7, 11) is 3.99. The van der Waals surface area contributed by atoms with Gasteiger partial charge in [-0.05, 0) is 43.9 Å². The topological polar surface area (TPSA) is 124 Å². The van der Waals surface area contributed by atoms with Crippen molar-refractivity contribution in [2.45, 2.75) is 0 Å². The van der Waals surface area contributed by atoms with Crippen LogP contribution in [0.5, 0.6) is 0 Å². The number of nitrogens with zero attached hydrogens (tertiary/aromatic N) is 7. The van der Waals surface area contributed by atoms with E-state index in [0.29, 0.717) is 46.2 Å². The first-order chi connectivity index (χ1) is 18.0. The molecule has 6 rings (SSSR count). The van der Waals surface area contributed by atoms with Crippen LogP contribution in [0.4, 0.5) is 10.1 Å². The minimum Gasteiger partial charge on any atom is -0.384 e. The molecular weight excluding hydrogens is 471 g/mol. The van der Waals surface area contributed by atoms with Crippen molar-refractivity contribution in [2.24, 2.45) is 0 Å². The normalized spacial score (nSPS) is 11.6. The molecule has 10 nitrogen and oxygen atoms in total. The van der Waals surface area contributed by atoms with E-state index >= 15 is 0 Å². The molecule has 0 aliphatic carbocycles. The summed E-state index contributed by atoms with van der Waals surface area (Å²) >= 11 is 0. The Balaban J connectivity index is 1.41. The number of aromatic nitrogens is 8. The highest BCUT2D eigenvalue weighted by atomic mass is 19.1. The summed E-state index contributed by atoms with van der Waals surface area (Å²) in [6, 6.07) is 6.79. The maximum absolute atomic E-state index is 14.6. The lowest BCUT2D eigenvalue weighted by Crippen LogP contribution is -2.20. The van der Waals surface area contributed by atoms with Crippen LogP contribution in [0.3, 0.4) is 0 Å². The summed E-state index contributed by atoms with van der Waals surface area (Å²) in [6.45, 7) is 1.53. The largest absolute Gasteiger partial charge is 0.384 e. The zero-order valence-electron chi connectivity index (χ0n) is 20.2. The Morgan fingerprint density at radius 2 is 1.84 bits per heavy atom. The highest BCUT2D eigenvalue weighted by molar-refractivity contribution is 5.97. The summed E-state index contributed by atoms with van der Waals surface area (Å²) in [5.41, 5.74) is 6.24. The molecule has 3 N–H and O–H groups in total. The Morgan fingerprint density at radius 1 is 0.919 bits per heavy atom. The fraction of sp³-hybridized carbons (Fsp3) is 0.154. The van der Waals surface area contributed by atoms with Crippen LogP contribution in [0.15, 0.2) is 61.4 Å². The Hall–Kier alpha value is -4.77. The van der Waals surface area contributed by atoms with Crippen LogP contribution < -0.4 is 5.32 Å². The van der Waals surface area contributed by atoms with Crippen molar-refractivity contribution >= 4 is 27.6 Å². The Bertz CT molecular complexity index is 1710. The van der Waals surface area contributed by atoms with E-state index in [9.17, 15) is 4.39 Å². The van der Waals surface area contributed by atoms with E-state index < -0.39 is 0 Å². The van der Waals surface area contributed by atoms with Crippen LogP contribution >= 0.6 is 0 Å². The Kier molecular flexibility index (Phi) is 5.73. The van der Waals surface area contributed by atoms with Gasteiger partial charge in [-0.2, -0.15) is 5.10 Å². The van der Waals surface area contributed by atoms with Crippen molar-refractivity contribution in [2.75, 3.05) is 32.5 Å². The van der Waals surface area contributed by atoms with Gasteiger partial charge in [0.05, 0.1) is 40.8 Å². The third-order valence-electron chi connectivity index (χ3n) is 5.99. The number of fused-ring (bicyclic) bond motifs is 2. The molecule has 0 fully saturated rings. The van der Waals surface area contributed by atoms with Gasteiger partial charge in [-0.25, -0.2) is 9.37 Å². The molecule has 1 aromatic carbocycles. The van der Waals surface area contributed by atoms with E-state index in [1.165, 1.54) is 12.1 Å². The number of nitrogens with one attached hydrogen (secondary N) is 3. The molecule has 11 heteroatoms. The van der Waals surface area contributed by atoms with Crippen molar-refractivity contribution in [3.63, 3.8) is 0 Å². The van der Waals surface area contributed by atoms with Gasteiger partial charge in [-0.1, -0.05) is 0 Å². The quantitative estimate of drug-likeness (QED) is 0.303. The van der Waals surface area contributed by atoms with E-state index in [1.807, 2.05) is 26.2 Å². The predicted molar refractivity (Wildman–Crippen MR) is 140 cm³/mol. The molecule has 0 bridgehead atoms. The fourth-order valence-corrected chi connectivity index (χ4v) is 4.20. The molecule has 0 radical (unpaired) electrons. The van der Waals surface area contributed by atoms with Gasteiger partial charge in [-0.15, -0.1) is 0 Å². The van der Waals surface area contributed by atoms with Crippen LogP contribution in [-0.2, 0) is 0 Å². The average molecular weight is 495 g/mol. The number of halogens is 1. The van der Waals surface area contributed by atoms with Gasteiger partial charge in [0.25, 0.3) is 0 Å². The second-order valence-electron chi connectivity index (χ2n) is 8.91. The molecule has 0 unspecified atom stereocenters. The van der Waals surface area contributed by atoms with Gasteiger partial charge >= 0.3 is 0 Å². The van der Waals surface area contributed by atoms with Crippen molar-refractivity contribution < 1.29 is 4.39 Å². The molecule has 0 saturated carbocycles. The van der Waals surface area contributed by atoms with E-state index in [1.54, 1.807) is 37.2 Å². The van der Waals surface area contributed by atoms with Gasteiger partial charge < -0.3 is 15.2 Å². The number of aromatic amines is 2. The van der Waals surface area contributed by atoms with Crippen LogP contribution in [0.1, 0.15) is 0 Å². The average Bonchev–Trinajstić information content (AvgIpc) is 3.52. The van der Waals surface area contributed by atoms with E-state index in [0.717, 1.165) is 28.5 Å². The summed E-state index contributed by atoms with van der Waals surface area (Å²) < 4.78 is 14.6. The zero-order valence-corrected chi connectivity index (χ0v) is 20.2. The van der Waals surface area contributed by atoms with Crippen molar-refractivity contribution in [1.82, 2.24) is 45.0 Å². The standard InChI is InChI=1S/C26H23FN10/c1-37(2)6-5-30-17-8-15(7-16(27)9-17)19-11-29-13-23-24(19)34-26(33-23)25-18-10-20(22-12-28-3-4-31-22)32-14-21(18)35-36-25/h3-4,7-14,30H,5-6H2,1-2H3,(H,33,34)(H,35,36). The number of hydrogen-bond donors (Lipinski definition) is 3. The van der Waals surface area contributed by atoms with Crippen LogP contribution in [0.2, 0.25) is 0 Å². The van der Waals surface area contributed by atoms with Crippen LogP contribution in [0, 0.1) is 5.82 Å². The van der Waals surface area contributed by atoms with Crippen molar-refractivity contribution in [1.29, 1.82) is 0 Å². The monoisotopic (exact) mass is 494 g/mol. The summed E-state index contributed by atoms with van der Waals surface area (Å²) in [6.07, 6.45) is 10.0. The van der Waals surface area contributed by atoms with Crippen molar-refractivity contribution in [3.05, 3.63) is 67.3 Å². The van der Waals surface area contributed by atoms with Crippen LogP contribution in [0.25, 0.3) is 56.0 Å². The summed E-state index contributed by atoms with van der Waals surface area (Å²) in [5.74, 6) is 0.229. The van der Waals surface area contributed by atoms with Gasteiger partial charge in [0.15, 0.2) is 5.82 Å². The minimum atomic E-state index is -0.333. The zero-order chi connectivity index (χ0) is 25.4. The molecule has 0 saturated heterocycles. The number of pyridine rings is 2. The molecular formula is C26H23FN10. The molecule has 0 aliphatic heterocycles. The minimum absolute atomic E-state index is 0.333. The Labute approximate surface area is 211 Å². The van der Waals surface area contributed by atoms with E-state index in [2.05, 4.69) is 45.3 Å². The molecule has 0 spiro atoms. The first kappa shape index (κ1) is 22.7. The number of likely N-dealkylation sites (N-methyl/N-ethyl adjacent to an activating group) is 1. The van der Waals surface area contributed by atoms with Crippen LogP contribution in [-0.4, -0.2) is 72.2 Å². The van der Waals surface area contributed by atoms with Gasteiger partial charge in [0.1, 0.15) is 17.2 Å². The van der Waals surface area contributed by atoms with Gasteiger partial charge in [-0.3, -0.25) is 25.0 Å². The van der Waals surface area contributed by atoms with E-state index in [-0.39, 0.29) is 5.82 Å². The maximum atomic E-state index is 14.6. The fourth-order valence-electron chi connectivity index (χ4n) is 4.20. The number of hydrogen-bond acceptors (Lipinski definition) is 8. The molecule has 6 aromatic rings. The highest BCUT2D eigenvalue weighted by Crippen LogP contribution is 2.33. The highest BCUT2D eigenvalue weighted by Gasteiger charge is 2.17. The predicted octanol–water partition coefficient (Wildman–Crippen LogP) is 4.13. The number of rotatable bonds is 7. The lowest BCUT2D eigenvalue weighted by Gasteiger charge is -2.12. The molecule has 5 aromatic heterocycles. The second kappa shape index (κ2) is 9.36. The second-order valence-corrected chi connectivity index (χ2v) is 8.91. The third-order valence-corrected chi connectivity index (χ3v) is 5.99. The molecule has 0 atom stereocenters. The first-order valence-corrected chi connectivity index (χ1v) is 11.7. The molecule has 0 amide bonds. The maximum Gasteiger partial charge on any atom is 0.159 e. The molecule has 0 aliphatic rings. The SMILES string of the molecule is CN(C)CCNc1cc(F)cc(-c2cncc3[nH]c(-c4n[nH]c5cnc(-c6cnccn6)cc45)nc23)c1. The first-order valence-electron chi connectivity index (χ1n) is 11.7.